The number of aryl methyl sites for hydroxylation is 2. The molecule has 2 aromatic carbocycles. The van der Waals surface area contributed by atoms with Crippen molar-refractivity contribution in [2.75, 3.05) is 19.3 Å². The van der Waals surface area contributed by atoms with Gasteiger partial charge in [-0.25, -0.2) is 8.42 Å². The minimum Gasteiger partial charge on any atom is -0.301 e. The van der Waals surface area contributed by atoms with Crippen LogP contribution in [0, 0.1) is 13.8 Å². The van der Waals surface area contributed by atoms with Gasteiger partial charge in [0.15, 0.2) is 9.84 Å². The third kappa shape index (κ3) is 5.06. The standard InChI is InChI=1S/C18H22ClNO2S/c1-14-4-5-16(15(2)12-14)13-20(3)10-11-23(21,22)18-8-6-17(19)7-9-18/h4-9,12H,10-11,13H2,1-3H3. The molecule has 0 radical (unpaired) electrons. The van der Waals surface area contributed by atoms with Crippen molar-refractivity contribution in [2.45, 2.75) is 25.3 Å². The van der Waals surface area contributed by atoms with Gasteiger partial charge >= 0.3 is 0 Å². The van der Waals surface area contributed by atoms with Crippen LogP contribution in [0.3, 0.4) is 0 Å². The number of rotatable bonds is 6. The van der Waals surface area contributed by atoms with E-state index in [9.17, 15) is 8.42 Å². The molecule has 0 amide bonds. The average molecular weight is 352 g/mol. The van der Waals surface area contributed by atoms with Crippen molar-refractivity contribution in [3.8, 4) is 0 Å². The van der Waals surface area contributed by atoms with Crippen LogP contribution in [0.2, 0.25) is 5.02 Å². The largest absolute Gasteiger partial charge is 0.301 e. The smallest absolute Gasteiger partial charge is 0.179 e. The Hall–Kier alpha value is -1.36. The molecule has 0 aromatic heterocycles. The Bertz CT molecular complexity index is 770. The second-order valence-electron chi connectivity index (χ2n) is 5.94. The molecule has 0 saturated carbocycles. The first-order valence-electron chi connectivity index (χ1n) is 7.51. The minimum atomic E-state index is -3.28. The van der Waals surface area contributed by atoms with Crippen LogP contribution in [0.5, 0.6) is 0 Å². The van der Waals surface area contributed by atoms with Gasteiger partial charge < -0.3 is 4.90 Å². The van der Waals surface area contributed by atoms with Gasteiger partial charge in [-0.2, -0.15) is 0 Å². The van der Waals surface area contributed by atoms with Crippen molar-refractivity contribution in [1.29, 1.82) is 0 Å². The van der Waals surface area contributed by atoms with Gasteiger partial charge in [0.05, 0.1) is 10.6 Å². The van der Waals surface area contributed by atoms with Gasteiger partial charge in [-0.05, 0) is 56.3 Å². The van der Waals surface area contributed by atoms with Crippen molar-refractivity contribution in [3.05, 3.63) is 64.2 Å². The normalized spacial score (nSPS) is 11.9. The zero-order chi connectivity index (χ0) is 17.0. The maximum atomic E-state index is 12.3. The van der Waals surface area contributed by atoms with Gasteiger partial charge in [-0.15, -0.1) is 0 Å². The molecule has 0 saturated heterocycles. The Morgan fingerprint density at radius 1 is 1.04 bits per heavy atom. The fourth-order valence-corrected chi connectivity index (χ4v) is 3.89. The lowest BCUT2D eigenvalue weighted by molar-refractivity contribution is 0.345. The molecule has 0 aliphatic rings. The van der Waals surface area contributed by atoms with E-state index in [1.807, 2.05) is 11.9 Å². The van der Waals surface area contributed by atoms with E-state index in [0.717, 1.165) is 6.54 Å². The first-order chi connectivity index (χ1) is 10.8. The molecule has 0 atom stereocenters. The Balaban J connectivity index is 1.98. The van der Waals surface area contributed by atoms with Crippen LogP contribution in [0.25, 0.3) is 0 Å². The highest BCUT2D eigenvalue weighted by molar-refractivity contribution is 7.91. The fraction of sp³-hybridized carbons (Fsp3) is 0.333. The fourth-order valence-electron chi connectivity index (χ4n) is 2.43. The first-order valence-corrected chi connectivity index (χ1v) is 9.54. The van der Waals surface area contributed by atoms with Crippen molar-refractivity contribution < 1.29 is 8.42 Å². The van der Waals surface area contributed by atoms with Crippen molar-refractivity contribution in [1.82, 2.24) is 4.90 Å². The van der Waals surface area contributed by atoms with Gasteiger partial charge in [-0.3, -0.25) is 0 Å². The van der Waals surface area contributed by atoms with E-state index in [2.05, 4.69) is 32.0 Å². The van der Waals surface area contributed by atoms with E-state index in [-0.39, 0.29) is 5.75 Å². The Morgan fingerprint density at radius 2 is 1.70 bits per heavy atom. The number of sulfone groups is 1. The van der Waals surface area contributed by atoms with Crippen LogP contribution >= 0.6 is 11.6 Å². The molecule has 23 heavy (non-hydrogen) atoms. The summed E-state index contributed by atoms with van der Waals surface area (Å²) in [6.07, 6.45) is 0. The molecular weight excluding hydrogens is 330 g/mol. The van der Waals surface area contributed by atoms with Crippen LogP contribution in [0.15, 0.2) is 47.4 Å². The average Bonchev–Trinajstić information content (AvgIpc) is 2.49. The molecule has 0 fully saturated rings. The summed E-state index contributed by atoms with van der Waals surface area (Å²) in [5.74, 6) is 0.0933. The van der Waals surface area contributed by atoms with E-state index in [4.69, 9.17) is 11.6 Å². The lowest BCUT2D eigenvalue weighted by atomic mass is 10.1. The Morgan fingerprint density at radius 3 is 2.30 bits per heavy atom. The molecule has 124 valence electrons. The van der Waals surface area contributed by atoms with Gasteiger partial charge in [-0.1, -0.05) is 35.4 Å². The van der Waals surface area contributed by atoms with Gasteiger partial charge in [0.2, 0.25) is 0 Å². The third-order valence-corrected chi connectivity index (χ3v) is 5.82. The van der Waals surface area contributed by atoms with Gasteiger partial charge in [0.25, 0.3) is 0 Å². The van der Waals surface area contributed by atoms with Crippen LogP contribution in [0.4, 0.5) is 0 Å². The zero-order valence-corrected chi connectivity index (χ0v) is 15.3. The number of hydrogen-bond acceptors (Lipinski definition) is 3. The van der Waals surface area contributed by atoms with E-state index >= 15 is 0 Å². The summed E-state index contributed by atoms with van der Waals surface area (Å²) in [4.78, 5) is 2.35. The maximum Gasteiger partial charge on any atom is 0.179 e. The molecule has 0 unspecified atom stereocenters. The van der Waals surface area contributed by atoms with E-state index in [0.29, 0.717) is 16.5 Å². The quantitative estimate of drug-likeness (QED) is 0.793. The molecule has 2 rings (SSSR count). The summed E-state index contributed by atoms with van der Waals surface area (Å²) >= 11 is 5.80. The number of hydrogen-bond donors (Lipinski definition) is 0. The lowest BCUT2D eigenvalue weighted by Crippen LogP contribution is -2.25. The Kier molecular flexibility index (Phi) is 5.84. The molecule has 0 aliphatic heterocycles. The third-order valence-electron chi connectivity index (χ3n) is 3.85. The highest BCUT2D eigenvalue weighted by Gasteiger charge is 2.15. The second kappa shape index (κ2) is 7.47. The minimum absolute atomic E-state index is 0.0933. The van der Waals surface area contributed by atoms with Gasteiger partial charge in [0.1, 0.15) is 0 Å². The van der Waals surface area contributed by atoms with Crippen molar-refractivity contribution in [3.63, 3.8) is 0 Å². The molecule has 0 aliphatic carbocycles. The number of benzene rings is 2. The molecule has 0 spiro atoms. The highest BCUT2D eigenvalue weighted by Crippen LogP contribution is 2.16. The topological polar surface area (TPSA) is 37.4 Å². The summed E-state index contributed by atoms with van der Waals surface area (Å²) in [6.45, 7) is 5.38. The number of nitrogens with zero attached hydrogens (tertiary/aromatic N) is 1. The summed E-state index contributed by atoms with van der Waals surface area (Å²) < 4.78 is 24.7. The molecule has 0 N–H and O–H groups in total. The van der Waals surface area contributed by atoms with Crippen LogP contribution in [0.1, 0.15) is 16.7 Å². The molecule has 0 bridgehead atoms. The summed E-state index contributed by atoms with van der Waals surface area (Å²) in [6, 6.07) is 12.7. The summed E-state index contributed by atoms with van der Waals surface area (Å²) in [5, 5.41) is 0.538. The van der Waals surface area contributed by atoms with Crippen LogP contribution < -0.4 is 0 Å². The van der Waals surface area contributed by atoms with Crippen LogP contribution in [-0.2, 0) is 16.4 Å². The van der Waals surface area contributed by atoms with E-state index < -0.39 is 9.84 Å². The molecule has 0 heterocycles. The maximum absolute atomic E-state index is 12.3. The first kappa shape index (κ1) is 18.0. The number of halogens is 1. The second-order valence-corrected chi connectivity index (χ2v) is 8.49. The van der Waals surface area contributed by atoms with Crippen molar-refractivity contribution >= 4 is 21.4 Å². The highest BCUT2D eigenvalue weighted by atomic mass is 35.5. The predicted octanol–water partition coefficient (Wildman–Crippen LogP) is 3.86. The van der Waals surface area contributed by atoms with E-state index in [1.165, 1.54) is 16.7 Å². The molecular formula is C18H22ClNO2S. The van der Waals surface area contributed by atoms with Gasteiger partial charge in [0, 0.05) is 18.1 Å². The summed E-state index contributed by atoms with van der Waals surface area (Å²) in [7, 11) is -1.34. The monoisotopic (exact) mass is 351 g/mol. The molecule has 3 nitrogen and oxygen atoms in total. The zero-order valence-electron chi connectivity index (χ0n) is 13.7. The SMILES string of the molecule is Cc1ccc(CN(C)CCS(=O)(=O)c2ccc(Cl)cc2)c(C)c1. The van der Waals surface area contributed by atoms with Crippen molar-refractivity contribution in [2.24, 2.45) is 0 Å². The van der Waals surface area contributed by atoms with Crippen LogP contribution in [-0.4, -0.2) is 32.7 Å². The van der Waals surface area contributed by atoms with E-state index in [1.54, 1.807) is 24.3 Å². The molecule has 5 heteroatoms. The Labute approximate surface area is 143 Å². The lowest BCUT2D eigenvalue weighted by Gasteiger charge is -2.18. The molecule has 2 aromatic rings. The predicted molar refractivity (Wildman–Crippen MR) is 95.8 cm³/mol. The summed E-state index contributed by atoms with van der Waals surface area (Å²) in [5.41, 5.74) is 3.69.